The van der Waals surface area contributed by atoms with Crippen molar-refractivity contribution in [2.24, 2.45) is 5.41 Å². The van der Waals surface area contributed by atoms with E-state index in [0.717, 1.165) is 43.0 Å². The van der Waals surface area contributed by atoms with Crippen LogP contribution in [0.2, 0.25) is 0 Å². The van der Waals surface area contributed by atoms with E-state index < -0.39 is 5.41 Å². The van der Waals surface area contributed by atoms with E-state index in [2.05, 4.69) is 10.2 Å². The predicted molar refractivity (Wildman–Crippen MR) is 94.8 cm³/mol. The second kappa shape index (κ2) is 7.57. The van der Waals surface area contributed by atoms with Crippen LogP contribution in [-0.2, 0) is 14.3 Å². The highest BCUT2D eigenvalue weighted by atomic mass is 32.2. The van der Waals surface area contributed by atoms with Gasteiger partial charge >= 0.3 is 5.97 Å². The van der Waals surface area contributed by atoms with Gasteiger partial charge in [0.05, 0.1) is 12.5 Å². The molecule has 0 bridgehead atoms. The minimum atomic E-state index is -0.497. The Morgan fingerprint density at radius 2 is 1.92 bits per heavy atom. The van der Waals surface area contributed by atoms with Crippen LogP contribution in [-0.4, -0.2) is 55.0 Å². The fourth-order valence-electron chi connectivity index (χ4n) is 3.17. The molecule has 3 rings (SSSR count). The zero-order valence-electron chi connectivity index (χ0n) is 14.0. The molecule has 1 aromatic rings. The van der Waals surface area contributed by atoms with Crippen molar-refractivity contribution in [3.8, 4) is 0 Å². The van der Waals surface area contributed by atoms with Crippen molar-refractivity contribution >= 4 is 23.6 Å². The number of esters is 1. The van der Waals surface area contributed by atoms with Gasteiger partial charge in [-0.15, -0.1) is 0 Å². The van der Waals surface area contributed by atoms with E-state index in [1.54, 1.807) is 0 Å². The molecule has 1 saturated carbocycles. The van der Waals surface area contributed by atoms with Crippen molar-refractivity contribution in [3.05, 3.63) is 35.9 Å². The Labute approximate surface area is 147 Å². The van der Waals surface area contributed by atoms with Crippen LogP contribution in [0.4, 0.5) is 0 Å². The summed E-state index contributed by atoms with van der Waals surface area (Å²) < 4.78 is 4.87. The van der Waals surface area contributed by atoms with Crippen LogP contribution in [0.15, 0.2) is 30.3 Å². The summed E-state index contributed by atoms with van der Waals surface area (Å²) in [6.45, 7) is 2.17. The van der Waals surface area contributed by atoms with E-state index in [9.17, 15) is 9.59 Å². The molecule has 2 fully saturated rings. The standard InChI is InChI=1S/C18H24N2O3S/c1-23-17(22)18(7-8-18)13-19-16(21)15(14-5-3-2-4-6-14)20-9-11-24-12-10-20/h2-6,15H,7-13H2,1H3,(H,19,21). The van der Waals surface area contributed by atoms with Crippen molar-refractivity contribution in [2.45, 2.75) is 18.9 Å². The SMILES string of the molecule is COC(=O)C1(CNC(=O)C(c2ccccc2)N2CCSCC2)CC1. The van der Waals surface area contributed by atoms with Crippen LogP contribution >= 0.6 is 11.8 Å². The molecule has 24 heavy (non-hydrogen) atoms. The molecular weight excluding hydrogens is 324 g/mol. The normalized spacial score (nSPS) is 20.9. The van der Waals surface area contributed by atoms with E-state index in [1.165, 1.54) is 7.11 Å². The Morgan fingerprint density at radius 3 is 2.50 bits per heavy atom. The first-order valence-corrected chi connectivity index (χ1v) is 9.55. The topological polar surface area (TPSA) is 58.6 Å². The summed E-state index contributed by atoms with van der Waals surface area (Å²) in [5.74, 6) is 1.85. The van der Waals surface area contributed by atoms with Crippen molar-refractivity contribution in [2.75, 3.05) is 38.2 Å². The summed E-state index contributed by atoms with van der Waals surface area (Å²) in [7, 11) is 1.41. The molecule has 1 amide bonds. The minimum absolute atomic E-state index is 0.0247. The number of hydrogen-bond acceptors (Lipinski definition) is 5. The number of benzene rings is 1. The van der Waals surface area contributed by atoms with Gasteiger partial charge in [0, 0.05) is 31.1 Å². The van der Waals surface area contributed by atoms with Crippen LogP contribution in [0.5, 0.6) is 0 Å². The number of carbonyl (C=O) groups is 2. The molecule has 2 aliphatic rings. The van der Waals surface area contributed by atoms with E-state index in [0.29, 0.717) is 6.54 Å². The van der Waals surface area contributed by atoms with Crippen LogP contribution < -0.4 is 5.32 Å². The highest BCUT2D eigenvalue weighted by Gasteiger charge is 2.51. The monoisotopic (exact) mass is 348 g/mol. The second-order valence-corrected chi connectivity index (χ2v) is 7.68. The first-order valence-electron chi connectivity index (χ1n) is 8.39. The predicted octanol–water partition coefficient (Wildman–Crippen LogP) is 1.85. The maximum Gasteiger partial charge on any atom is 0.313 e. The Morgan fingerprint density at radius 1 is 1.25 bits per heavy atom. The minimum Gasteiger partial charge on any atom is -0.469 e. The van der Waals surface area contributed by atoms with Crippen LogP contribution in [0.3, 0.4) is 0 Å². The summed E-state index contributed by atoms with van der Waals surface area (Å²) in [5, 5.41) is 3.01. The average Bonchev–Trinajstić information content (AvgIpc) is 3.43. The smallest absolute Gasteiger partial charge is 0.313 e. The third kappa shape index (κ3) is 3.75. The van der Waals surface area contributed by atoms with Gasteiger partial charge in [0.1, 0.15) is 6.04 Å². The summed E-state index contributed by atoms with van der Waals surface area (Å²) in [4.78, 5) is 27.0. The summed E-state index contributed by atoms with van der Waals surface area (Å²) >= 11 is 1.92. The van der Waals surface area contributed by atoms with E-state index in [-0.39, 0.29) is 17.9 Å². The van der Waals surface area contributed by atoms with Gasteiger partial charge < -0.3 is 10.1 Å². The van der Waals surface area contributed by atoms with Gasteiger partial charge in [-0.25, -0.2) is 0 Å². The molecule has 1 N–H and O–H groups in total. The number of thioether (sulfide) groups is 1. The van der Waals surface area contributed by atoms with E-state index in [1.807, 2.05) is 42.1 Å². The molecule has 1 aliphatic carbocycles. The highest BCUT2D eigenvalue weighted by molar-refractivity contribution is 7.99. The van der Waals surface area contributed by atoms with Gasteiger partial charge in [0.25, 0.3) is 0 Å². The lowest BCUT2D eigenvalue weighted by molar-refractivity contribution is -0.147. The maximum atomic E-state index is 12.9. The zero-order valence-corrected chi connectivity index (χ0v) is 14.8. The van der Waals surface area contributed by atoms with Crippen molar-refractivity contribution in [3.63, 3.8) is 0 Å². The van der Waals surface area contributed by atoms with Crippen molar-refractivity contribution < 1.29 is 14.3 Å². The number of nitrogens with zero attached hydrogens (tertiary/aromatic N) is 1. The lowest BCUT2D eigenvalue weighted by Gasteiger charge is -2.34. The van der Waals surface area contributed by atoms with Gasteiger partial charge in [-0.3, -0.25) is 14.5 Å². The van der Waals surface area contributed by atoms with Crippen molar-refractivity contribution in [1.29, 1.82) is 0 Å². The number of rotatable bonds is 6. The van der Waals surface area contributed by atoms with Gasteiger partial charge in [-0.1, -0.05) is 30.3 Å². The number of hydrogen-bond donors (Lipinski definition) is 1. The molecule has 1 aromatic carbocycles. The average molecular weight is 348 g/mol. The fourth-order valence-corrected chi connectivity index (χ4v) is 4.10. The molecule has 0 spiro atoms. The lowest BCUT2D eigenvalue weighted by Crippen LogP contribution is -2.46. The largest absolute Gasteiger partial charge is 0.469 e. The molecule has 130 valence electrons. The lowest BCUT2D eigenvalue weighted by atomic mass is 10.0. The third-order valence-electron chi connectivity index (χ3n) is 4.85. The zero-order chi connectivity index (χ0) is 17.0. The molecule has 6 heteroatoms. The second-order valence-electron chi connectivity index (χ2n) is 6.45. The summed E-state index contributed by atoms with van der Waals surface area (Å²) in [6.07, 6.45) is 1.58. The third-order valence-corrected chi connectivity index (χ3v) is 5.79. The first kappa shape index (κ1) is 17.3. The Balaban J connectivity index is 1.70. The van der Waals surface area contributed by atoms with Crippen LogP contribution in [0.25, 0.3) is 0 Å². The molecule has 0 aromatic heterocycles. The molecule has 5 nitrogen and oxygen atoms in total. The van der Waals surface area contributed by atoms with Crippen LogP contribution in [0.1, 0.15) is 24.4 Å². The summed E-state index contributed by atoms with van der Waals surface area (Å²) in [6, 6.07) is 9.59. The van der Waals surface area contributed by atoms with Gasteiger partial charge in [-0.05, 0) is 18.4 Å². The van der Waals surface area contributed by atoms with E-state index >= 15 is 0 Å². The summed E-state index contributed by atoms with van der Waals surface area (Å²) in [5.41, 5.74) is 0.508. The van der Waals surface area contributed by atoms with E-state index in [4.69, 9.17) is 4.74 Å². The molecule has 1 heterocycles. The Bertz CT molecular complexity index is 583. The quantitative estimate of drug-likeness (QED) is 0.795. The molecule has 0 radical (unpaired) electrons. The first-order chi connectivity index (χ1) is 11.7. The maximum absolute atomic E-state index is 12.9. The van der Waals surface area contributed by atoms with Gasteiger partial charge in [0.2, 0.25) is 5.91 Å². The fraction of sp³-hybridized carbons (Fsp3) is 0.556. The molecule has 1 atom stereocenters. The molecule has 1 saturated heterocycles. The molecule has 1 unspecified atom stereocenters. The van der Waals surface area contributed by atoms with Gasteiger partial charge in [-0.2, -0.15) is 11.8 Å². The number of carbonyl (C=O) groups excluding carboxylic acids is 2. The number of amides is 1. The highest BCUT2D eigenvalue weighted by Crippen LogP contribution is 2.46. The number of ether oxygens (including phenoxy) is 1. The number of nitrogens with one attached hydrogen (secondary N) is 1. The molecular formula is C18H24N2O3S. The van der Waals surface area contributed by atoms with Crippen LogP contribution in [0, 0.1) is 5.41 Å². The molecule has 1 aliphatic heterocycles. The Kier molecular flexibility index (Phi) is 5.46. The Hall–Kier alpha value is -1.53. The van der Waals surface area contributed by atoms with Crippen molar-refractivity contribution in [1.82, 2.24) is 10.2 Å². The number of methoxy groups -OCH3 is 1. The van der Waals surface area contributed by atoms with Gasteiger partial charge in [0.15, 0.2) is 0 Å².